The maximum Gasteiger partial charge on any atom is 0.340 e. The van der Waals surface area contributed by atoms with Gasteiger partial charge in [0, 0.05) is 18.3 Å². The van der Waals surface area contributed by atoms with Gasteiger partial charge in [-0.25, -0.2) is 0 Å². The summed E-state index contributed by atoms with van der Waals surface area (Å²) in [5.74, 6) is 0. The van der Waals surface area contributed by atoms with Crippen LogP contribution < -0.4 is 0 Å². The molecule has 0 spiro atoms. The van der Waals surface area contributed by atoms with Crippen LogP contribution in [0, 0.1) is 0 Å². The highest BCUT2D eigenvalue weighted by Gasteiger charge is 2.47. The average Bonchev–Trinajstić information content (AvgIpc) is 2.37. The van der Waals surface area contributed by atoms with Crippen LogP contribution in [0.25, 0.3) is 0 Å². The van der Waals surface area contributed by atoms with Crippen LogP contribution in [-0.4, -0.2) is 21.8 Å². The smallest absolute Gasteiger partial charge is 0.340 e. The van der Waals surface area contributed by atoms with Gasteiger partial charge in [0.25, 0.3) is 0 Å². The van der Waals surface area contributed by atoms with E-state index in [2.05, 4.69) is 41.2 Å². The molecule has 3 heteroatoms. The molecule has 0 radical (unpaired) electrons. The molecule has 0 aromatic heterocycles. The second-order valence-corrected chi connectivity index (χ2v) is 10.2. The number of hydrogen-bond donors (Lipinski definition) is 0. The highest BCUT2D eigenvalue weighted by molar-refractivity contribution is 6.69. The molecule has 0 aliphatic rings. The first-order chi connectivity index (χ1) is 8.93. The summed E-state index contributed by atoms with van der Waals surface area (Å²) < 4.78 is 12.6. The SMILES string of the molecule is CCCCO[Si](C)(OCCCC)C(C)(C)CCCC. The zero-order chi connectivity index (χ0) is 14.8. The van der Waals surface area contributed by atoms with E-state index in [0.29, 0.717) is 0 Å². The van der Waals surface area contributed by atoms with Gasteiger partial charge in [0.2, 0.25) is 0 Å². The second kappa shape index (κ2) is 9.95. The minimum absolute atomic E-state index is 0.199. The van der Waals surface area contributed by atoms with Crippen molar-refractivity contribution in [1.29, 1.82) is 0 Å². The van der Waals surface area contributed by atoms with E-state index in [9.17, 15) is 0 Å². The molecule has 19 heavy (non-hydrogen) atoms. The number of unbranched alkanes of at least 4 members (excludes halogenated alkanes) is 3. The van der Waals surface area contributed by atoms with Crippen LogP contribution in [0.1, 0.15) is 79.6 Å². The summed E-state index contributed by atoms with van der Waals surface area (Å²) in [6.45, 7) is 15.4. The molecule has 0 amide bonds. The van der Waals surface area contributed by atoms with E-state index in [4.69, 9.17) is 8.85 Å². The van der Waals surface area contributed by atoms with Crippen LogP contribution in [0.4, 0.5) is 0 Å². The molecule has 0 saturated heterocycles. The maximum absolute atomic E-state index is 6.30. The Balaban J connectivity index is 4.59. The molecule has 2 nitrogen and oxygen atoms in total. The fourth-order valence-corrected chi connectivity index (χ4v) is 4.66. The fraction of sp³-hybridized carbons (Fsp3) is 1.00. The first kappa shape index (κ1) is 19.1. The van der Waals surface area contributed by atoms with Crippen LogP contribution in [0.3, 0.4) is 0 Å². The van der Waals surface area contributed by atoms with Crippen molar-refractivity contribution in [3.63, 3.8) is 0 Å². The zero-order valence-corrected chi connectivity index (χ0v) is 15.2. The number of rotatable bonds is 12. The summed E-state index contributed by atoms with van der Waals surface area (Å²) in [7, 11) is -2.09. The standard InChI is InChI=1S/C16H36O2Si/c1-7-10-13-16(4,5)19(6,17-14-11-8-2)18-15-12-9-3/h7-15H2,1-6H3. The molecule has 0 rings (SSSR count). The van der Waals surface area contributed by atoms with Crippen LogP contribution in [-0.2, 0) is 8.85 Å². The first-order valence-corrected chi connectivity index (χ1v) is 10.5. The van der Waals surface area contributed by atoms with E-state index in [-0.39, 0.29) is 5.04 Å². The maximum atomic E-state index is 6.30. The Hall–Kier alpha value is 0.137. The molecule has 0 N–H and O–H groups in total. The Morgan fingerprint density at radius 2 is 1.21 bits per heavy atom. The van der Waals surface area contributed by atoms with Crippen molar-refractivity contribution in [2.45, 2.75) is 91.1 Å². The van der Waals surface area contributed by atoms with E-state index in [1.165, 1.54) is 32.1 Å². The third-order valence-electron chi connectivity index (χ3n) is 4.14. The van der Waals surface area contributed by atoms with Gasteiger partial charge in [-0.3, -0.25) is 0 Å². The third kappa shape index (κ3) is 6.91. The van der Waals surface area contributed by atoms with E-state index in [0.717, 1.165) is 26.1 Å². The normalized spacial score (nSPS) is 12.9. The van der Waals surface area contributed by atoms with Gasteiger partial charge in [0.1, 0.15) is 0 Å². The summed E-state index contributed by atoms with van der Waals surface area (Å²) in [6, 6.07) is 0. The van der Waals surface area contributed by atoms with Crippen molar-refractivity contribution in [2.24, 2.45) is 0 Å². The van der Waals surface area contributed by atoms with Gasteiger partial charge >= 0.3 is 8.56 Å². The molecule has 0 heterocycles. The monoisotopic (exact) mass is 288 g/mol. The van der Waals surface area contributed by atoms with Crippen molar-refractivity contribution < 1.29 is 8.85 Å². The van der Waals surface area contributed by atoms with Crippen LogP contribution in [0.5, 0.6) is 0 Å². The van der Waals surface area contributed by atoms with Gasteiger partial charge in [0.05, 0.1) is 0 Å². The first-order valence-electron chi connectivity index (χ1n) is 8.21. The summed E-state index contributed by atoms with van der Waals surface area (Å²) in [4.78, 5) is 0. The molecule has 0 bridgehead atoms. The highest BCUT2D eigenvalue weighted by Crippen LogP contribution is 2.43. The molecular weight excluding hydrogens is 252 g/mol. The van der Waals surface area contributed by atoms with Crippen molar-refractivity contribution in [2.75, 3.05) is 13.2 Å². The van der Waals surface area contributed by atoms with Gasteiger partial charge in [-0.2, -0.15) is 0 Å². The number of hydrogen-bond acceptors (Lipinski definition) is 2. The summed E-state index contributed by atoms with van der Waals surface area (Å²) in [5, 5.41) is 0.199. The third-order valence-corrected chi connectivity index (χ3v) is 8.35. The molecule has 0 aliphatic carbocycles. The average molecular weight is 289 g/mol. The molecule has 0 unspecified atom stereocenters. The largest absolute Gasteiger partial charge is 0.394 e. The molecular formula is C16H36O2Si. The Kier molecular flexibility index (Phi) is 10.0. The van der Waals surface area contributed by atoms with Crippen LogP contribution in [0.2, 0.25) is 11.6 Å². The minimum Gasteiger partial charge on any atom is -0.394 e. The molecule has 116 valence electrons. The Morgan fingerprint density at radius 1 is 0.789 bits per heavy atom. The lowest BCUT2D eigenvalue weighted by Crippen LogP contribution is -2.49. The molecule has 0 fully saturated rings. The van der Waals surface area contributed by atoms with Crippen molar-refractivity contribution in [3.8, 4) is 0 Å². The Bertz CT molecular complexity index is 207. The van der Waals surface area contributed by atoms with Gasteiger partial charge in [-0.15, -0.1) is 0 Å². The van der Waals surface area contributed by atoms with Gasteiger partial charge in [0.15, 0.2) is 0 Å². The molecule has 0 saturated carbocycles. The van der Waals surface area contributed by atoms with Crippen molar-refractivity contribution in [3.05, 3.63) is 0 Å². The molecule has 0 atom stereocenters. The summed E-state index contributed by atoms with van der Waals surface area (Å²) in [6.07, 6.45) is 8.39. The predicted molar refractivity (Wildman–Crippen MR) is 86.9 cm³/mol. The fourth-order valence-electron chi connectivity index (χ4n) is 2.10. The summed E-state index contributed by atoms with van der Waals surface area (Å²) >= 11 is 0. The quantitative estimate of drug-likeness (QED) is 0.340. The summed E-state index contributed by atoms with van der Waals surface area (Å²) in [5.41, 5.74) is 0. The van der Waals surface area contributed by atoms with E-state index < -0.39 is 8.56 Å². The second-order valence-electron chi connectivity index (χ2n) is 6.34. The predicted octanol–water partition coefficient (Wildman–Crippen LogP) is 5.66. The zero-order valence-electron chi connectivity index (χ0n) is 14.2. The van der Waals surface area contributed by atoms with Crippen molar-refractivity contribution >= 4 is 8.56 Å². The lowest BCUT2D eigenvalue weighted by molar-refractivity contribution is 0.143. The van der Waals surface area contributed by atoms with Crippen LogP contribution in [0.15, 0.2) is 0 Å². The van der Waals surface area contributed by atoms with E-state index in [1.807, 2.05) is 0 Å². The van der Waals surface area contributed by atoms with Crippen molar-refractivity contribution in [1.82, 2.24) is 0 Å². The van der Waals surface area contributed by atoms with Gasteiger partial charge in [-0.1, -0.05) is 60.3 Å². The molecule has 0 aromatic carbocycles. The van der Waals surface area contributed by atoms with E-state index >= 15 is 0 Å². The lowest BCUT2D eigenvalue weighted by atomic mass is 10.1. The van der Waals surface area contributed by atoms with E-state index in [1.54, 1.807) is 0 Å². The van der Waals surface area contributed by atoms with Crippen LogP contribution >= 0.6 is 0 Å². The minimum atomic E-state index is -2.09. The Morgan fingerprint density at radius 3 is 1.58 bits per heavy atom. The van der Waals surface area contributed by atoms with Gasteiger partial charge in [-0.05, 0) is 25.8 Å². The Labute approximate surface area is 122 Å². The topological polar surface area (TPSA) is 18.5 Å². The molecule has 0 aromatic rings. The molecule has 0 aliphatic heterocycles. The van der Waals surface area contributed by atoms with Gasteiger partial charge < -0.3 is 8.85 Å². The highest BCUT2D eigenvalue weighted by atomic mass is 28.4. The lowest BCUT2D eigenvalue weighted by Gasteiger charge is -2.41.